The fourth-order valence-electron chi connectivity index (χ4n) is 2.87. The smallest absolute Gasteiger partial charge is 0.133 e. The van der Waals surface area contributed by atoms with E-state index in [1.54, 1.807) is 11.3 Å². The molecule has 112 valence electrons. The Bertz CT molecular complexity index is 821. The van der Waals surface area contributed by atoms with Crippen LogP contribution in [-0.4, -0.2) is 16.3 Å². The minimum atomic E-state index is 0.777. The van der Waals surface area contributed by atoms with Crippen LogP contribution in [0.15, 0.2) is 35.7 Å². The molecule has 0 amide bonds. The topological polar surface area (TPSA) is 29.9 Å². The van der Waals surface area contributed by atoms with Crippen LogP contribution in [0.3, 0.4) is 0 Å². The molecule has 1 aliphatic heterocycles. The Morgan fingerprint density at radius 2 is 2.27 bits per heavy atom. The van der Waals surface area contributed by atoms with Gasteiger partial charge in [-0.25, -0.2) is 4.68 Å². The fourth-order valence-corrected chi connectivity index (χ4v) is 3.75. The Morgan fingerprint density at radius 1 is 1.36 bits per heavy atom. The molecule has 3 heterocycles. The highest BCUT2D eigenvalue weighted by Crippen LogP contribution is 2.31. The molecule has 0 spiro atoms. The second-order valence-electron chi connectivity index (χ2n) is 5.55. The molecule has 4 rings (SSSR count). The number of aryl methyl sites for hydroxylation is 1. The molecule has 3 nitrogen and oxygen atoms in total. The molecular weight excluding hydrogens is 314 g/mol. The van der Waals surface area contributed by atoms with Gasteiger partial charge in [0.05, 0.1) is 11.4 Å². The number of anilines is 1. The molecule has 22 heavy (non-hydrogen) atoms. The maximum absolute atomic E-state index is 6.28. The summed E-state index contributed by atoms with van der Waals surface area (Å²) in [7, 11) is 0. The van der Waals surface area contributed by atoms with Gasteiger partial charge >= 0.3 is 0 Å². The van der Waals surface area contributed by atoms with Gasteiger partial charge in [-0.3, -0.25) is 0 Å². The van der Waals surface area contributed by atoms with Crippen molar-refractivity contribution in [3.05, 3.63) is 62.4 Å². The minimum Gasteiger partial charge on any atom is -0.369 e. The molecule has 0 aliphatic carbocycles. The first-order chi connectivity index (χ1) is 10.7. The highest BCUT2D eigenvalue weighted by molar-refractivity contribution is 7.09. The molecule has 0 bridgehead atoms. The number of fused-ring (bicyclic) bond motifs is 1. The predicted molar refractivity (Wildman–Crippen MR) is 92.6 cm³/mol. The molecule has 3 aromatic rings. The first-order valence-electron chi connectivity index (χ1n) is 7.36. The molecule has 1 N–H and O–H groups in total. The normalized spacial score (nSPS) is 13.2. The van der Waals surface area contributed by atoms with Crippen LogP contribution in [0.1, 0.15) is 21.7 Å². The summed E-state index contributed by atoms with van der Waals surface area (Å²) in [5.74, 6) is 1.12. The number of thiophene rings is 1. The van der Waals surface area contributed by atoms with E-state index in [9.17, 15) is 0 Å². The third-order valence-corrected chi connectivity index (χ3v) is 5.34. The van der Waals surface area contributed by atoms with Gasteiger partial charge in [-0.2, -0.15) is 5.10 Å². The van der Waals surface area contributed by atoms with Crippen LogP contribution in [0.2, 0.25) is 5.02 Å². The van der Waals surface area contributed by atoms with E-state index in [0.717, 1.165) is 41.5 Å². The molecule has 0 unspecified atom stereocenters. The maximum atomic E-state index is 6.28. The lowest BCUT2D eigenvalue weighted by molar-refractivity contribution is 0.842. The van der Waals surface area contributed by atoms with Crippen molar-refractivity contribution in [3.63, 3.8) is 0 Å². The number of aromatic nitrogens is 2. The fraction of sp³-hybridized carbons (Fsp3) is 0.235. The van der Waals surface area contributed by atoms with Crippen molar-refractivity contribution in [2.45, 2.75) is 19.8 Å². The number of halogens is 1. The summed E-state index contributed by atoms with van der Waals surface area (Å²) in [4.78, 5) is 1.35. The van der Waals surface area contributed by atoms with Crippen LogP contribution < -0.4 is 5.32 Å². The number of nitrogens with zero attached hydrogens (tertiary/aromatic N) is 2. The van der Waals surface area contributed by atoms with Crippen LogP contribution >= 0.6 is 22.9 Å². The zero-order valence-corrected chi connectivity index (χ0v) is 13.8. The third kappa shape index (κ3) is 2.32. The van der Waals surface area contributed by atoms with E-state index in [1.807, 2.05) is 23.7 Å². The monoisotopic (exact) mass is 329 g/mol. The van der Waals surface area contributed by atoms with Crippen molar-refractivity contribution in [2.75, 3.05) is 11.9 Å². The van der Waals surface area contributed by atoms with Crippen molar-refractivity contribution in [1.82, 2.24) is 9.78 Å². The van der Waals surface area contributed by atoms with Gasteiger partial charge in [0.2, 0.25) is 0 Å². The number of rotatable bonds is 3. The van der Waals surface area contributed by atoms with Gasteiger partial charge in [-0.1, -0.05) is 23.7 Å². The average molecular weight is 330 g/mol. The van der Waals surface area contributed by atoms with Crippen molar-refractivity contribution in [2.24, 2.45) is 0 Å². The van der Waals surface area contributed by atoms with Crippen molar-refractivity contribution in [3.8, 4) is 5.69 Å². The van der Waals surface area contributed by atoms with Crippen LogP contribution in [-0.2, 0) is 12.8 Å². The molecule has 1 aliphatic rings. The summed E-state index contributed by atoms with van der Waals surface area (Å²) in [6.45, 7) is 2.99. The Kier molecular flexibility index (Phi) is 3.43. The quantitative estimate of drug-likeness (QED) is 0.769. The van der Waals surface area contributed by atoms with Gasteiger partial charge in [0.25, 0.3) is 0 Å². The Balaban J connectivity index is 1.78. The van der Waals surface area contributed by atoms with Gasteiger partial charge in [0.1, 0.15) is 5.82 Å². The molecule has 1 aromatic carbocycles. The molecule has 0 atom stereocenters. The number of nitrogens with one attached hydrogen (secondary N) is 1. The van der Waals surface area contributed by atoms with Crippen molar-refractivity contribution >= 4 is 28.8 Å². The second kappa shape index (κ2) is 5.45. The molecule has 5 heteroatoms. The first-order valence-corrected chi connectivity index (χ1v) is 8.61. The van der Waals surface area contributed by atoms with Crippen LogP contribution in [0, 0.1) is 6.92 Å². The summed E-state index contributed by atoms with van der Waals surface area (Å²) in [5.41, 5.74) is 4.60. The van der Waals surface area contributed by atoms with E-state index in [-0.39, 0.29) is 0 Å². The SMILES string of the molecule is Cc1ccc(-n2nc(Cc3cccs3)c3c2NCC3)cc1Cl. The third-order valence-electron chi connectivity index (χ3n) is 4.06. The second-order valence-corrected chi connectivity index (χ2v) is 6.99. The lowest BCUT2D eigenvalue weighted by Gasteiger charge is -2.08. The average Bonchev–Trinajstić information content (AvgIpc) is 3.21. The van der Waals surface area contributed by atoms with Crippen LogP contribution in [0.5, 0.6) is 0 Å². The molecule has 0 saturated carbocycles. The van der Waals surface area contributed by atoms with E-state index < -0.39 is 0 Å². The lowest BCUT2D eigenvalue weighted by Crippen LogP contribution is -2.05. The highest BCUT2D eigenvalue weighted by atomic mass is 35.5. The number of hydrogen-bond acceptors (Lipinski definition) is 3. The largest absolute Gasteiger partial charge is 0.369 e. The van der Waals surface area contributed by atoms with Crippen molar-refractivity contribution in [1.29, 1.82) is 0 Å². The van der Waals surface area contributed by atoms with Gasteiger partial charge in [-0.05, 0) is 42.5 Å². The zero-order chi connectivity index (χ0) is 15.1. The van der Waals surface area contributed by atoms with E-state index >= 15 is 0 Å². The van der Waals surface area contributed by atoms with Gasteiger partial charge in [-0.15, -0.1) is 11.3 Å². The highest BCUT2D eigenvalue weighted by Gasteiger charge is 2.23. The maximum Gasteiger partial charge on any atom is 0.133 e. The van der Waals surface area contributed by atoms with Gasteiger partial charge < -0.3 is 5.32 Å². The summed E-state index contributed by atoms with van der Waals surface area (Å²) in [6.07, 6.45) is 1.93. The lowest BCUT2D eigenvalue weighted by atomic mass is 10.1. The van der Waals surface area contributed by atoms with Crippen LogP contribution in [0.4, 0.5) is 5.82 Å². The summed E-state index contributed by atoms with van der Waals surface area (Å²) >= 11 is 8.06. The van der Waals surface area contributed by atoms with E-state index in [1.165, 1.54) is 16.1 Å². The Hall–Kier alpha value is -1.78. The van der Waals surface area contributed by atoms with Crippen LogP contribution in [0.25, 0.3) is 5.69 Å². The number of benzene rings is 1. The Morgan fingerprint density at radius 3 is 3.05 bits per heavy atom. The molecule has 0 saturated heterocycles. The molecule has 2 aromatic heterocycles. The van der Waals surface area contributed by atoms with Gasteiger partial charge in [0.15, 0.2) is 0 Å². The molecule has 0 radical (unpaired) electrons. The van der Waals surface area contributed by atoms with Gasteiger partial charge in [0, 0.05) is 28.4 Å². The number of hydrogen-bond donors (Lipinski definition) is 1. The molecular formula is C17H16ClN3S. The summed E-state index contributed by atoms with van der Waals surface area (Å²) in [6, 6.07) is 10.4. The van der Waals surface area contributed by atoms with E-state index in [2.05, 4.69) is 28.9 Å². The van der Waals surface area contributed by atoms with Crippen molar-refractivity contribution < 1.29 is 0 Å². The first kappa shape index (κ1) is 13.9. The van der Waals surface area contributed by atoms with E-state index in [4.69, 9.17) is 16.7 Å². The predicted octanol–water partition coefficient (Wildman–Crippen LogP) is 4.45. The summed E-state index contributed by atoms with van der Waals surface area (Å²) in [5, 5.41) is 11.2. The molecule has 0 fully saturated rings. The standard InChI is InChI=1S/C17H16ClN3S/c1-11-4-5-12(9-15(11)18)21-17-14(6-7-19-17)16(20-21)10-13-3-2-8-22-13/h2-5,8-9,19H,6-7,10H2,1H3. The summed E-state index contributed by atoms with van der Waals surface area (Å²) < 4.78 is 2.00. The van der Waals surface area contributed by atoms with E-state index in [0.29, 0.717) is 0 Å². The zero-order valence-electron chi connectivity index (χ0n) is 12.3. The Labute approximate surface area is 138 Å². The minimum absolute atomic E-state index is 0.777.